The first-order valence-electron chi connectivity index (χ1n) is 6.49. The maximum absolute atomic E-state index is 12.0. The lowest BCUT2D eigenvalue weighted by atomic mass is 10.2. The molecule has 1 aromatic heterocycles. The van der Waals surface area contributed by atoms with Crippen LogP contribution in [0.3, 0.4) is 0 Å². The fourth-order valence-corrected chi connectivity index (χ4v) is 2.69. The summed E-state index contributed by atoms with van der Waals surface area (Å²) in [6.07, 6.45) is 0. The van der Waals surface area contributed by atoms with Crippen LogP contribution in [-0.4, -0.2) is 34.2 Å². The van der Waals surface area contributed by atoms with Gasteiger partial charge in [0.05, 0.1) is 11.5 Å². The van der Waals surface area contributed by atoms with Crippen LogP contribution in [0.25, 0.3) is 0 Å². The van der Waals surface area contributed by atoms with Crippen LogP contribution in [0.4, 0.5) is 0 Å². The molecule has 1 heterocycles. The quantitative estimate of drug-likeness (QED) is 0.830. The third-order valence-electron chi connectivity index (χ3n) is 2.84. The third-order valence-corrected chi connectivity index (χ3v) is 4.07. The van der Waals surface area contributed by atoms with Crippen molar-refractivity contribution in [1.82, 2.24) is 10.2 Å². The molecule has 0 aliphatic rings. The predicted octanol–water partition coefficient (Wildman–Crippen LogP) is 2.26. The summed E-state index contributed by atoms with van der Waals surface area (Å²) in [4.78, 5) is 14.4. The van der Waals surface area contributed by atoms with Gasteiger partial charge in [0, 0.05) is 13.1 Å². The van der Waals surface area contributed by atoms with E-state index in [4.69, 9.17) is 17.3 Å². The van der Waals surface area contributed by atoms with Gasteiger partial charge >= 0.3 is 0 Å². The van der Waals surface area contributed by atoms with E-state index < -0.39 is 0 Å². The summed E-state index contributed by atoms with van der Waals surface area (Å²) >= 11 is 6.64. The normalized spacial score (nSPS) is 10.1. The highest BCUT2D eigenvalue weighted by Gasteiger charge is 2.14. The molecule has 0 saturated heterocycles. The molecular weight excluding hydrogens is 304 g/mol. The Morgan fingerprint density at radius 3 is 2.62 bits per heavy atom. The number of nitrogens with zero attached hydrogens (tertiary/aromatic N) is 1. The van der Waals surface area contributed by atoms with Crippen molar-refractivity contribution >= 4 is 34.6 Å². The number of hydrogen-bond donors (Lipinski definition) is 2. The average Bonchev–Trinajstić information content (AvgIpc) is 3.02. The third kappa shape index (κ3) is 4.63. The second kappa shape index (κ2) is 7.87. The highest BCUT2D eigenvalue weighted by Crippen LogP contribution is 2.09. The lowest BCUT2D eigenvalue weighted by Crippen LogP contribution is -2.43. The van der Waals surface area contributed by atoms with Gasteiger partial charge < -0.3 is 10.0 Å². The number of thiocarbonyl (C=S) groups is 1. The van der Waals surface area contributed by atoms with Crippen LogP contribution in [0.2, 0.25) is 0 Å². The number of benzene rings is 1. The first-order valence-corrected chi connectivity index (χ1v) is 7.78. The Kier molecular flexibility index (Phi) is 5.86. The minimum Gasteiger partial charge on any atom is -0.395 e. The molecule has 6 heteroatoms. The molecule has 1 amide bonds. The second-order valence-electron chi connectivity index (χ2n) is 4.37. The van der Waals surface area contributed by atoms with Crippen molar-refractivity contribution in [1.29, 1.82) is 0 Å². The molecule has 2 rings (SSSR count). The van der Waals surface area contributed by atoms with Crippen molar-refractivity contribution in [2.24, 2.45) is 0 Å². The fourth-order valence-electron chi connectivity index (χ4n) is 1.82. The molecule has 110 valence electrons. The van der Waals surface area contributed by atoms with E-state index >= 15 is 0 Å². The average molecular weight is 320 g/mol. The Hall–Kier alpha value is -1.76. The minimum absolute atomic E-state index is 0.0259. The Morgan fingerprint density at radius 1 is 1.24 bits per heavy atom. The molecule has 21 heavy (non-hydrogen) atoms. The summed E-state index contributed by atoms with van der Waals surface area (Å²) in [6.45, 7) is 0.894. The highest BCUT2D eigenvalue weighted by atomic mass is 32.1. The predicted molar refractivity (Wildman–Crippen MR) is 88.3 cm³/mol. The van der Waals surface area contributed by atoms with Gasteiger partial charge in [-0.1, -0.05) is 36.4 Å². The molecule has 0 fully saturated rings. The monoisotopic (exact) mass is 320 g/mol. The van der Waals surface area contributed by atoms with E-state index in [0.717, 1.165) is 5.56 Å². The Bertz CT molecular complexity index is 585. The zero-order valence-corrected chi connectivity index (χ0v) is 13.0. The first-order chi connectivity index (χ1) is 10.2. The molecule has 0 atom stereocenters. The molecule has 0 saturated carbocycles. The van der Waals surface area contributed by atoms with Gasteiger partial charge in [-0.25, -0.2) is 0 Å². The van der Waals surface area contributed by atoms with E-state index in [0.29, 0.717) is 23.1 Å². The van der Waals surface area contributed by atoms with Gasteiger partial charge in [0.25, 0.3) is 5.91 Å². The number of aliphatic hydroxyl groups is 1. The Morgan fingerprint density at radius 2 is 2.00 bits per heavy atom. The van der Waals surface area contributed by atoms with Gasteiger partial charge in [-0.3, -0.25) is 10.1 Å². The molecular formula is C15H16N2O2S2. The van der Waals surface area contributed by atoms with E-state index in [2.05, 4.69) is 5.32 Å². The number of carbonyl (C=O) groups excluding carboxylic acids is 1. The molecule has 2 N–H and O–H groups in total. The van der Waals surface area contributed by atoms with Crippen LogP contribution < -0.4 is 5.32 Å². The summed E-state index contributed by atoms with van der Waals surface area (Å²) in [5.41, 5.74) is 1.07. The van der Waals surface area contributed by atoms with Gasteiger partial charge in [-0.2, -0.15) is 0 Å². The summed E-state index contributed by atoms with van der Waals surface area (Å²) in [5.74, 6) is -0.217. The van der Waals surface area contributed by atoms with Crippen molar-refractivity contribution in [2.75, 3.05) is 13.2 Å². The number of carbonyl (C=O) groups is 1. The van der Waals surface area contributed by atoms with Crippen molar-refractivity contribution in [2.45, 2.75) is 6.54 Å². The Balaban J connectivity index is 2.00. The van der Waals surface area contributed by atoms with Gasteiger partial charge in [0.1, 0.15) is 0 Å². The molecule has 0 aliphatic heterocycles. The van der Waals surface area contributed by atoms with Crippen LogP contribution in [0.1, 0.15) is 15.2 Å². The fraction of sp³-hybridized carbons (Fsp3) is 0.200. The van der Waals surface area contributed by atoms with Crippen molar-refractivity contribution in [3.05, 3.63) is 58.3 Å². The molecule has 0 bridgehead atoms. The summed E-state index contributed by atoms with van der Waals surface area (Å²) in [6, 6.07) is 13.4. The summed E-state index contributed by atoms with van der Waals surface area (Å²) < 4.78 is 0. The molecule has 0 radical (unpaired) electrons. The molecule has 0 spiro atoms. The van der Waals surface area contributed by atoms with Gasteiger partial charge in [-0.15, -0.1) is 11.3 Å². The van der Waals surface area contributed by atoms with E-state index in [-0.39, 0.29) is 12.5 Å². The van der Waals surface area contributed by atoms with Crippen LogP contribution >= 0.6 is 23.6 Å². The molecule has 0 unspecified atom stereocenters. The lowest BCUT2D eigenvalue weighted by molar-refractivity contribution is 0.0975. The smallest absolute Gasteiger partial charge is 0.267 e. The number of aliphatic hydroxyl groups excluding tert-OH is 1. The van der Waals surface area contributed by atoms with Crippen LogP contribution in [0.5, 0.6) is 0 Å². The van der Waals surface area contributed by atoms with E-state index in [9.17, 15) is 4.79 Å². The Labute approximate surface area is 133 Å². The van der Waals surface area contributed by atoms with E-state index in [1.54, 1.807) is 11.0 Å². The maximum atomic E-state index is 12.0. The van der Waals surface area contributed by atoms with E-state index in [1.807, 2.05) is 41.8 Å². The number of nitrogens with one attached hydrogen (secondary N) is 1. The standard InChI is InChI=1S/C15H16N2O2S2/c18-9-8-17(11-12-5-2-1-3-6-12)15(20)16-14(19)13-7-4-10-21-13/h1-7,10,18H,8-9,11H2,(H,16,19,20). The van der Waals surface area contributed by atoms with Gasteiger partial charge in [0.2, 0.25) is 0 Å². The molecule has 4 nitrogen and oxygen atoms in total. The SMILES string of the molecule is O=C(NC(=S)N(CCO)Cc1ccccc1)c1cccs1. The zero-order chi connectivity index (χ0) is 15.1. The van der Waals surface area contributed by atoms with Crippen LogP contribution in [0.15, 0.2) is 47.8 Å². The van der Waals surface area contributed by atoms with Gasteiger partial charge in [-0.05, 0) is 29.2 Å². The van der Waals surface area contributed by atoms with Crippen molar-refractivity contribution < 1.29 is 9.90 Å². The number of amides is 1. The number of rotatable bonds is 5. The largest absolute Gasteiger partial charge is 0.395 e. The summed E-state index contributed by atoms with van der Waals surface area (Å²) in [7, 11) is 0. The van der Waals surface area contributed by atoms with Crippen LogP contribution in [-0.2, 0) is 6.54 Å². The topological polar surface area (TPSA) is 52.6 Å². The van der Waals surface area contributed by atoms with Crippen molar-refractivity contribution in [3.8, 4) is 0 Å². The van der Waals surface area contributed by atoms with E-state index in [1.165, 1.54) is 11.3 Å². The highest BCUT2D eigenvalue weighted by molar-refractivity contribution is 7.80. The minimum atomic E-state index is -0.217. The maximum Gasteiger partial charge on any atom is 0.267 e. The number of thiophene rings is 1. The first kappa shape index (κ1) is 15.6. The zero-order valence-electron chi connectivity index (χ0n) is 11.4. The van der Waals surface area contributed by atoms with Gasteiger partial charge in [0.15, 0.2) is 5.11 Å². The summed E-state index contributed by atoms with van der Waals surface area (Å²) in [5, 5.41) is 14.0. The second-order valence-corrected chi connectivity index (χ2v) is 5.70. The van der Waals surface area contributed by atoms with Crippen molar-refractivity contribution in [3.63, 3.8) is 0 Å². The van der Waals surface area contributed by atoms with Crippen LogP contribution in [0, 0.1) is 0 Å². The molecule has 0 aliphatic carbocycles. The number of hydrogen-bond acceptors (Lipinski definition) is 4. The molecule has 1 aromatic carbocycles. The molecule has 2 aromatic rings. The lowest BCUT2D eigenvalue weighted by Gasteiger charge is -2.24.